The zero-order valence-corrected chi connectivity index (χ0v) is 18.1. The van der Waals surface area contributed by atoms with Gasteiger partial charge in [-0.25, -0.2) is 4.79 Å². The molecule has 1 N–H and O–H groups in total. The average Bonchev–Trinajstić information content (AvgIpc) is 2.59. The molecule has 2 aliphatic rings. The molecule has 1 atom stereocenters. The summed E-state index contributed by atoms with van der Waals surface area (Å²) in [5, 5.41) is 3.26. The van der Waals surface area contributed by atoms with E-state index in [1.807, 2.05) is 10.8 Å². The van der Waals surface area contributed by atoms with E-state index in [0.29, 0.717) is 17.2 Å². The molecule has 1 saturated heterocycles. The molecule has 5 nitrogen and oxygen atoms in total. The van der Waals surface area contributed by atoms with Gasteiger partial charge in [-0.15, -0.1) is 0 Å². The van der Waals surface area contributed by atoms with E-state index < -0.39 is 6.10 Å². The van der Waals surface area contributed by atoms with E-state index in [-0.39, 0.29) is 6.61 Å². The van der Waals surface area contributed by atoms with Gasteiger partial charge in [0.25, 0.3) is 0 Å². The zero-order chi connectivity index (χ0) is 16.6. The molecule has 2 heterocycles. The Morgan fingerprint density at radius 2 is 1.65 bits per heavy atom. The fourth-order valence-corrected chi connectivity index (χ4v) is 4.79. The Bertz CT molecular complexity index is 685. The van der Waals surface area contributed by atoms with Crippen molar-refractivity contribution in [1.29, 1.82) is 0 Å². The van der Waals surface area contributed by atoms with Crippen LogP contribution in [0.3, 0.4) is 0 Å². The van der Waals surface area contributed by atoms with Gasteiger partial charge in [-0.3, -0.25) is 0 Å². The summed E-state index contributed by atoms with van der Waals surface area (Å²) in [6, 6.07) is 0. The summed E-state index contributed by atoms with van der Waals surface area (Å²) in [5.74, 6) is 3.21. The Hall–Kier alpha value is -0.0500. The summed E-state index contributed by atoms with van der Waals surface area (Å²) >= 11 is 14.0. The van der Waals surface area contributed by atoms with Crippen LogP contribution in [0.2, 0.25) is 0 Å². The van der Waals surface area contributed by atoms with E-state index in [4.69, 9.17) is 9.47 Å². The molecule has 1 aromatic rings. The second kappa shape index (κ2) is 7.45. The first-order valence-corrected chi connectivity index (χ1v) is 10.1. The number of hydrogen-bond acceptors (Lipinski definition) is 5. The van der Waals surface area contributed by atoms with E-state index in [9.17, 15) is 4.79 Å². The highest BCUT2D eigenvalue weighted by Crippen LogP contribution is 2.52. The van der Waals surface area contributed by atoms with Crippen LogP contribution in [0.25, 0.3) is 0 Å². The van der Waals surface area contributed by atoms with Gasteiger partial charge in [-0.05, 0) is 63.7 Å². The maximum absolute atomic E-state index is 11.5. The molecule has 0 bridgehead atoms. The average molecular weight is 576 g/mol. The molecule has 2 aliphatic heterocycles. The van der Waals surface area contributed by atoms with Gasteiger partial charge in [-0.2, -0.15) is 0 Å². The lowest BCUT2D eigenvalue weighted by molar-refractivity contribution is 0.0881. The van der Waals surface area contributed by atoms with Crippen LogP contribution in [0.1, 0.15) is 0 Å². The first kappa shape index (κ1) is 17.8. The smallest absolute Gasteiger partial charge is 0.183 e. The third kappa shape index (κ3) is 3.37. The fraction of sp³-hybridized carbons (Fsp3) is 0.429. The standard InChI is InChI=1S/C14H12Br4N2O3/c15-9-10(16)12(18)14-13(11(9)17)22-6-8(23-14)7(5-21)20-3-1-19-2-4-20/h8,19H,1-4,6H2. The molecule has 0 saturated carbocycles. The minimum Gasteiger partial charge on any atom is -0.484 e. The number of benzene rings is 1. The van der Waals surface area contributed by atoms with Crippen molar-refractivity contribution in [2.24, 2.45) is 0 Å². The number of carbonyl (C=O) groups excluding carboxylic acids is 1. The van der Waals surface area contributed by atoms with Crippen LogP contribution < -0.4 is 14.8 Å². The molecule has 3 rings (SSSR count). The maximum Gasteiger partial charge on any atom is 0.183 e. The van der Waals surface area contributed by atoms with Gasteiger partial charge in [0.1, 0.15) is 18.2 Å². The number of halogens is 4. The summed E-state index contributed by atoms with van der Waals surface area (Å²) in [6.45, 7) is 3.45. The van der Waals surface area contributed by atoms with Crippen molar-refractivity contribution >= 4 is 69.7 Å². The number of rotatable bonds is 2. The summed E-state index contributed by atoms with van der Waals surface area (Å²) in [7, 11) is 0. The van der Waals surface area contributed by atoms with Crippen molar-refractivity contribution < 1.29 is 14.3 Å². The third-order valence-corrected chi connectivity index (χ3v) is 8.38. The second-order valence-electron chi connectivity index (χ2n) is 5.06. The van der Waals surface area contributed by atoms with Crippen LogP contribution in [0.4, 0.5) is 0 Å². The highest BCUT2D eigenvalue weighted by Gasteiger charge is 2.33. The Morgan fingerprint density at radius 3 is 2.26 bits per heavy atom. The first-order chi connectivity index (χ1) is 11.0. The van der Waals surface area contributed by atoms with Crippen molar-refractivity contribution in [2.75, 3.05) is 32.8 Å². The third-order valence-electron chi connectivity index (χ3n) is 3.69. The Balaban J connectivity index is 1.92. The van der Waals surface area contributed by atoms with Crippen LogP contribution in [-0.4, -0.2) is 49.7 Å². The second-order valence-corrected chi connectivity index (χ2v) is 8.23. The molecule has 0 amide bonds. The lowest BCUT2D eigenvalue weighted by atomic mass is 10.2. The molecule has 23 heavy (non-hydrogen) atoms. The van der Waals surface area contributed by atoms with E-state index in [1.54, 1.807) is 0 Å². The molecular formula is C14H12Br4N2O3. The van der Waals surface area contributed by atoms with Crippen molar-refractivity contribution in [3.05, 3.63) is 23.6 Å². The minimum absolute atomic E-state index is 0.264. The minimum atomic E-state index is -0.477. The number of piperazine rings is 1. The van der Waals surface area contributed by atoms with Crippen molar-refractivity contribution in [3.8, 4) is 11.5 Å². The van der Waals surface area contributed by atoms with Crippen LogP contribution in [-0.2, 0) is 4.79 Å². The zero-order valence-electron chi connectivity index (χ0n) is 11.8. The Kier molecular flexibility index (Phi) is 5.76. The number of fused-ring (bicyclic) bond motifs is 1. The Labute approximate surface area is 167 Å². The van der Waals surface area contributed by atoms with Gasteiger partial charge in [0.2, 0.25) is 0 Å². The predicted octanol–water partition coefficient (Wildman–Crippen LogP) is 3.50. The number of nitrogens with one attached hydrogen (secondary N) is 1. The monoisotopic (exact) mass is 572 g/mol. The van der Waals surface area contributed by atoms with E-state index >= 15 is 0 Å². The summed E-state index contributed by atoms with van der Waals surface area (Å²) < 4.78 is 15.1. The van der Waals surface area contributed by atoms with Crippen LogP contribution in [0.5, 0.6) is 11.5 Å². The topological polar surface area (TPSA) is 50.8 Å². The normalized spacial score (nSPS) is 20.2. The van der Waals surface area contributed by atoms with Gasteiger partial charge in [0.05, 0.1) is 17.9 Å². The largest absolute Gasteiger partial charge is 0.484 e. The summed E-state index contributed by atoms with van der Waals surface area (Å²) in [4.78, 5) is 13.5. The number of hydrogen-bond donors (Lipinski definition) is 1. The quantitative estimate of drug-likeness (QED) is 0.333. The molecular weight excluding hydrogens is 564 g/mol. The van der Waals surface area contributed by atoms with Crippen molar-refractivity contribution in [3.63, 3.8) is 0 Å². The molecule has 1 unspecified atom stereocenters. The lowest BCUT2D eigenvalue weighted by Crippen LogP contribution is -2.47. The van der Waals surface area contributed by atoms with Crippen LogP contribution in [0, 0.1) is 0 Å². The van der Waals surface area contributed by atoms with Crippen molar-refractivity contribution in [2.45, 2.75) is 6.10 Å². The molecule has 124 valence electrons. The highest BCUT2D eigenvalue weighted by atomic mass is 79.9. The van der Waals surface area contributed by atoms with E-state index in [1.165, 1.54) is 0 Å². The number of ether oxygens (including phenoxy) is 2. The SMILES string of the molecule is O=C=C(C1COc2c(Br)c(Br)c(Br)c(Br)c2O1)N1CCNCC1. The van der Waals surface area contributed by atoms with Crippen LogP contribution >= 0.6 is 63.7 Å². The first-order valence-electron chi connectivity index (χ1n) is 6.90. The number of nitrogens with zero attached hydrogens (tertiary/aromatic N) is 1. The molecule has 1 aromatic carbocycles. The molecule has 0 aliphatic carbocycles. The molecule has 1 fully saturated rings. The maximum atomic E-state index is 11.5. The fourth-order valence-electron chi connectivity index (χ4n) is 2.54. The van der Waals surface area contributed by atoms with Gasteiger partial charge in [-0.1, -0.05) is 0 Å². The molecule has 0 aromatic heterocycles. The highest BCUT2D eigenvalue weighted by molar-refractivity contribution is 9.15. The molecule has 0 spiro atoms. The lowest BCUT2D eigenvalue weighted by Gasteiger charge is -2.35. The van der Waals surface area contributed by atoms with Gasteiger partial charge in [0, 0.05) is 26.2 Å². The summed E-state index contributed by atoms with van der Waals surface area (Å²) in [6.07, 6.45) is -0.477. The van der Waals surface area contributed by atoms with Gasteiger partial charge >= 0.3 is 0 Å². The predicted molar refractivity (Wildman–Crippen MR) is 101 cm³/mol. The molecule has 0 radical (unpaired) electrons. The molecule has 9 heteroatoms. The van der Waals surface area contributed by atoms with Crippen LogP contribution in [0.15, 0.2) is 23.6 Å². The van der Waals surface area contributed by atoms with Crippen molar-refractivity contribution in [1.82, 2.24) is 10.2 Å². The summed E-state index contributed by atoms with van der Waals surface area (Å²) in [5.41, 5.74) is 0.499. The Morgan fingerprint density at radius 1 is 1.04 bits per heavy atom. The van der Waals surface area contributed by atoms with E-state index in [2.05, 4.69) is 69.0 Å². The van der Waals surface area contributed by atoms with Gasteiger partial charge < -0.3 is 19.7 Å². The van der Waals surface area contributed by atoms with E-state index in [0.717, 1.165) is 44.1 Å². The van der Waals surface area contributed by atoms with Gasteiger partial charge in [0.15, 0.2) is 17.6 Å².